The van der Waals surface area contributed by atoms with E-state index in [0.29, 0.717) is 11.4 Å². The van der Waals surface area contributed by atoms with Crippen LogP contribution in [0.5, 0.6) is 5.75 Å². The molecule has 4 nitrogen and oxygen atoms in total. The molecule has 5 heteroatoms. The maximum absolute atomic E-state index is 10.9. The minimum atomic E-state index is 0. The minimum absolute atomic E-state index is 0. The first kappa shape index (κ1) is 30.5. The van der Waals surface area contributed by atoms with E-state index in [1.165, 1.54) is 16.7 Å². The van der Waals surface area contributed by atoms with Crippen molar-refractivity contribution in [3.63, 3.8) is 0 Å². The van der Waals surface area contributed by atoms with Gasteiger partial charge in [-0.25, -0.2) is 4.98 Å². The Labute approximate surface area is 278 Å². The van der Waals surface area contributed by atoms with Gasteiger partial charge >= 0.3 is 0 Å². The van der Waals surface area contributed by atoms with Crippen molar-refractivity contribution >= 4 is 21.9 Å². The Morgan fingerprint density at radius 2 is 1.42 bits per heavy atom. The van der Waals surface area contributed by atoms with E-state index in [9.17, 15) is 5.11 Å². The van der Waals surface area contributed by atoms with Gasteiger partial charge in [0, 0.05) is 38.5 Å². The molecule has 7 rings (SSSR count). The summed E-state index contributed by atoms with van der Waals surface area (Å²) in [5.41, 5.74) is 12.2. The predicted octanol–water partition coefficient (Wildman–Crippen LogP) is 9.99. The first-order valence-electron chi connectivity index (χ1n) is 15.0. The number of phenols is 1. The van der Waals surface area contributed by atoms with Gasteiger partial charge in [-0.05, 0) is 72.2 Å². The van der Waals surface area contributed by atoms with Crippen LogP contribution in [0.3, 0.4) is 0 Å². The summed E-state index contributed by atoms with van der Waals surface area (Å²) in [5, 5.41) is 12.1. The number of imidazole rings is 1. The van der Waals surface area contributed by atoms with E-state index >= 15 is 0 Å². The fraction of sp³-hybridized carbons (Fsp3) is 0.150. The Kier molecular flexibility index (Phi) is 7.97. The smallest absolute Gasteiger partial charge is 0.148 e. The number of para-hydroxylation sites is 2. The van der Waals surface area contributed by atoms with Crippen LogP contribution in [0.2, 0.25) is 0 Å². The molecular weight excluding hydrogens is 734 g/mol. The normalized spacial score (nSPS) is 11.6. The second-order valence-corrected chi connectivity index (χ2v) is 12.5. The monoisotopic (exact) mass is 767 g/mol. The van der Waals surface area contributed by atoms with Gasteiger partial charge in [0.05, 0.1) is 16.6 Å². The molecule has 0 saturated carbocycles. The molecule has 2 aromatic heterocycles. The Hall–Kier alpha value is -4.53. The van der Waals surface area contributed by atoms with Gasteiger partial charge < -0.3 is 5.11 Å². The van der Waals surface area contributed by atoms with Gasteiger partial charge in [0.1, 0.15) is 11.6 Å². The molecule has 0 atom stereocenters. The molecule has 0 unspecified atom stereocenters. The molecule has 0 bridgehead atoms. The van der Waals surface area contributed by atoms with Crippen molar-refractivity contribution in [1.82, 2.24) is 14.5 Å². The fourth-order valence-electron chi connectivity index (χ4n) is 6.23. The van der Waals surface area contributed by atoms with Crippen LogP contribution in [0.25, 0.3) is 61.3 Å². The number of aryl methyl sites for hydroxylation is 2. The van der Waals surface area contributed by atoms with Gasteiger partial charge in [-0.1, -0.05) is 86.0 Å². The Balaban J connectivity index is 0.00000357. The van der Waals surface area contributed by atoms with E-state index in [1.54, 1.807) is 6.07 Å². The summed E-state index contributed by atoms with van der Waals surface area (Å²) in [4.78, 5) is 10.0. The van der Waals surface area contributed by atoms with Gasteiger partial charge in [0.2, 0.25) is 0 Å². The maximum atomic E-state index is 10.9. The third kappa shape index (κ3) is 5.38. The molecule has 45 heavy (non-hydrogen) atoms. The fourth-order valence-corrected chi connectivity index (χ4v) is 6.23. The zero-order valence-corrected chi connectivity index (χ0v) is 28.3. The van der Waals surface area contributed by atoms with Crippen molar-refractivity contribution in [3.8, 4) is 45.1 Å². The molecule has 0 aliphatic carbocycles. The molecular formula is C40H34N3OPt-. The molecule has 0 amide bonds. The first-order chi connectivity index (χ1) is 21.2. The summed E-state index contributed by atoms with van der Waals surface area (Å²) >= 11 is 0. The van der Waals surface area contributed by atoms with E-state index in [1.807, 2.05) is 30.5 Å². The molecule has 7 aromatic rings. The number of fused-ring (bicyclic) bond motifs is 2. The summed E-state index contributed by atoms with van der Waals surface area (Å²) in [5.74, 6) is 0.884. The largest absolute Gasteiger partial charge is 0.507 e. The van der Waals surface area contributed by atoms with E-state index in [2.05, 4.69) is 118 Å². The number of nitrogens with zero attached hydrogens (tertiary/aromatic N) is 3. The summed E-state index contributed by atoms with van der Waals surface area (Å²) < 4.78 is 2.14. The topological polar surface area (TPSA) is 50.9 Å². The molecule has 0 radical (unpaired) electrons. The van der Waals surface area contributed by atoms with E-state index < -0.39 is 0 Å². The molecule has 0 fully saturated rings. The van der Waals surface area contributed by atoms with Gasteiger partial charge in [-0.15, -0.1) is 35.4 Å². The second-order valence-electron chi connectivity index (χ2n) is 12.5. The van der Waals surface area contributed by atoms with Crippen LogP contribution in [0, 0.1) is 19.9 Å². The van der Waals surface area contributed by atoms with Crippen molar-refractivity contribution in [1.29, 1.82) is 0 Å². The van der Waals surface area contributed by atoms with Crippen molar-refractivity contribution in [2.24, 2.45) is 0 Å². The van der Waals surface area contributed by atoms with Crippen LogP contribution in [0.15, 0.2) is 109 Å². The van der Waals surface area contributed by atoms with E-state index in [-0.39, 0.29) is 32.2 Å². The number of hydrogen-bond donors (Lipinski definition) is 1. The average Bonchev–Trinajstić information content (AvgIpc) is 3.41. The Morgan fingerprint density at radius 1 is 0.711 bits per heavy atom. The first-order valence-corrected chi connectivity index (χ1v) is 15.0. The third-order valence-electron chi connectivity index (χ3n) is 8.47. The third-order valence-corrected chi connectivity index (χ3v) is 8.47. The van der Waals surface area contributed by atoms with Gasteiger partial charge in [-0.3, -0.25) is 9.55 Å². The summed E-state index contributed by atoms with van der Waals surface area (Å²) in [6.07, 6.45) is 1.86. The molecule has 0 saturated heterocycles. The van der Waals surface area contributed by atoms with Crippen molar-refractivity contribution in [3.05, 3.63) is 132 Å². The number of pyridine rings is 1. The number of benzene rings is 5. The van der Waals surface area contributed by atoms with Crippen LogP contribution < -0.4 is 0 Å². The number of phenolic OH excluding ortho intramolecular Hbond substituents is 1. The number of aromatic nitrogens is 3. The van der Waals surface area contributed by atoms with Crippen LogP contribution in [0.1, 0.15) is 37.5 Å². The number of hydrogen-bond acceptors (Lipinski definition) is 3. The molecule has 226 valence electrons. The summed E-state index contributed by atoms with van der Waals surface area (Å²) in [6, 6.07) is 38.7. The van der Waals surface area contributed by atoms with Crippen LogP contribution >= 0.6 is 0 Å². The summed E-state index contributed by atoms with van der Waals surface area (Å²) in [6.45, 7) is 10.9. The van der Waals surface area contributed by atoms with Gasteiger partial charge in [-0.2, -0.15) is 0 Å². The molecule has 2 heterocycles. The molecule has 0 spiro atoms. The predicted molar refractivity (Wildman–Crippen MR) is 181 cm³/mol. The molecule has 1 N–H and O–H groups in total. The Bertz CT molecular complexity index is 2190. The summed E-state index contributed by atoms with van der Waals surface area (Å²) in [7, 11) is 0. The SMILES string of the molecule is Cc1cc(C)c2cccnc2c1-c1[c-]c(-c2cccc3c2nc(-c2ccccc2O)n3-c2ccc(C(C)(C)C)cc2)ccc1.[Pt]. The minimum Gasteiger partial charge on any atom is -0.507 e. The zero-order valence-electron chi connectivity index (χ0n) is 26.0. The average molecular weight is 768 g/mol. The van der Waals surface area contributed by atoms with Crippen molar-refractivity contribution < 1.29 is 26.2 Å². The number of aromatic hydroxyl groups is 1. The molecule has 5 aromatic carbocycles. The second kappa shape index (κ2) is 11.8. The van der Waals surface area contributed by atoms with Crippen LogP contribution in [-0.2, 0) is 26.5 Å². The van der Waals surface area contributed by atoms with E-state index in [0.717, 1.165) is 49.9 Å². The number of rotatable bonds is 4. The molecule has 0 aliphatic rings. The van der Waals surface area contributed by atoms with Gasteiger partial charge in [0.15, 0.2) is 0 Å². The Morgan fingerprint density at radius 3 is 2.18 bits per heavy atom. The van der Waals surface area contributed by atoms with Crippen molar-refractivity contribution in [2.45, 2.75) is 40.0 Å². The standard InChI is InChI=1S/C40H34N3O.Pt/c1-25-23-26(2)36(38-31(25)15-10-22-41-38)28-12-8-11-27(24-28)32-14-9-16-34-37(32)42-39(33-13-6-7-17-35(33)44)43(34)30-20-18-29(19-21-30)40(3,4)5;/h6-23,44H,1-5H3;/q-1;. The zero-order chi connectivity index (χ0) is 30.6. The van der Waals surface area contributed by atoms with Crippen molar-refractivity contribution in [2.75, 3.05) is 0 Å². The molecule has 0 aliphatic heterocycles. The van der Waals surface area contributed by atoms with Crippen LogP contribution in [-0.4, -0.2) is 19.6 Å². The van der Waals surface area contributed by atoms with E-state index in [4.69, 9.17) is 9.97 Å². The van der Waals surface area contributed by atoms with Gasteiger partial charge in [0.25, 0.3) is 0 Å². The van der Waals surface area contributed by atoms with Crippen LogP contribution in [0.4, 0.5) is 0 Å². The quantitative estimate of drug-likeness (QED) is 0.182. The maximum Gasteiger partial charge on any atom is 0.148 e.